The largest absolute Gasteiger partial charge is 0.351 e. The summed E-state index contributed by atoms with van der Waals surface area (Å²) in [5.74, 6) is 0. The van der Waals surface area contributed by atoms with Crippen LogP contribution in [-0.4, -0.2) is 29.0 Å². The van der Waals surface area contributed by atoms with Crippen molar-refractivity contribution >= 4 is 18.8 Å². The van der Waals surface area contributed by atoms with Gasteiger partial charge in [-0.05, 0) is 25.8 Å². The molecule has 1 fully saturated rings. The first-order valence-corrected chi connectivity index (χ1v) is 5.07. The van der Waals surface area contributed by atoms with Crippen molar-refractivity contribution in [1.82, 2.24) is 9.62 Å². The number of carbonyl (C=O) groups excluding carboxylic acids is 1. The minimum absolute atomic E-state index is 0.114. The van der Waals surface area contributed by atoms with Crippen LogP contribution in [0.15, 0.2) is 0 Å². The fourth-order valence-corrected chi connectivity index (χ4v) is 2.16. The number of urea groups is 1. The molecular formula is C8H17N3OS. The van der Waals surface area contributed by atoms with Gasteiger partial charge < -0.3 is 11.1 Å². The van der Waals surface area contributed by atoms with Gasteiger partial charge in [-0.25, -0.2) is 4.79 Å². The molecule has 0 aromatic rings. The Labute approximate surface area is 84.4 Å². The average Bonchev–Trinajstić information content (AvgIpc) is 2.58. The highest BCUT2D eigenvalue weighted by atomic mass is 32.1. The Kier molecular flexibility index (Phi) is 3.87. The second-order valence-corrected chi connectivity index (χ2v) is 3.79. The molecule has 5 heteroatoms. The highest BCUT2D eigenvalue weighted by molar-refractivity contribution is 7.78. The van der Waals surface area contributed by atoms with E-state index in [1.54, 1.807) is 0 Å². The number of carbonyl (C=O) groups is 1. The van der Waals surface area contributed by atoms with Gasteiger partial charge in [0.15, 0.2) is 0 Å². The Morgan fingerprint density at radius 3 is 2.92 bits per heavy atom. The van der Waals surface area contributed by atoms with Gasteiger partial charge in [0.05, 0.1) is 6.04 Å². The Morgan fingerprint density at radius 1 is 1.85 bits per heavy atom. The van der Waals surface area contributed by atoms with Crippen molar-refractivity contribution in [3.8, 4) is 0 Å². The van der Waals surface area contributed by atoms with Crippen LogP contribution >= 0.6 is 12.8 Å². The van der Waals surface area contributed by atoms with E-state index in [1.807, 2.05) is 6.92 Å². The SMILES string of the molecule is CCC(C1CCCN1)N(S)C(N)=O. The summed E-state index contributed by atoms with van der Waals surface area (Å²) in [6, 6.07) is 0.00205. The zero-order chi connectivity index (χ0) is 9.84. The number of rotatable bonds is 3. The third-order valence-corrected chi connectivity index (χ3v) is 3.01. The zero-order valence-corrected chi connectivity index (χ0v) is 8.76. The molecule has 2 atom stereocenters. The molecule has 1 heterocycles. The number of thiol groups is 1. The van der Waals surface area contributed by atoms with E-state index in [1.165, 1.54) is 10.7 Å². The predicted octanol–water partition coefficient (Wildman–Crippen LogP) is 0.743. The number of hydrogen-bond acceptors (Lipinski definition) is 3. The molecule has 13 heavy (non-hydrogen) atoms. The molecular weight excluding hydrogens is 186 g/mol. The summed E-state index contributed by atoms with van der Waals surface area (Å²) in [5.41, 5.74) is 5.16. The highest BCUT2D eigenvalue weighted by Gasteiger charge is 2.28. The van der Waals surface area contributed by atoms with E-state index in [4.69, 9.17) is 5.73 Å². The van der Waals surface area contributed by atoms with Crippen LogP contribution in [0, 0.1) is 0 Å². The summed E-state index contributed by atoms with van der Waals surface area (Å²) in [5, 5.41) is 3.35. The average molecular weight is 203 g/mol. The second-order valence-electron chi connectivity index (χ2n) is 3.36. The lowest BCUT2D eigenvalue weighted by molar-refractivity contribution is 0.216. The summed E-state index contributed by atoms with van der Waals surface area (Å²) in [6.07, 6.45) is 3.15. The van der Waals surface area contributed by atoms with E-state index in [9.17, 15) is 4.79 Å². The minimum Gasteiger partial charge on any atom is -0.351 e. The van der Waals surface area contributed by atoms with Crippen LogP contribution in [0.4, 0.5) is 4.79 Å². The van der Waals surface area contributed by atoms with Crippen molar-refractivity contribution in [3.05, 3.63) is 0 Å². The van der Waals surface area contributed by atoms with Crippen LogP contribution in [0.25, 0.3) is 0 Å². The first-order chi connectivity index (χ1) is 6.16. The summed E-state index contributed by atoms with van der Waals surface area (Å²) in [4.78, 5) is 10.9. The number of primary amides is 1. The monoisotopic (exact) mass is 203 g/mol. The molecule has 3 N–H and O–H groups in total. The topological polar surface area (TPSA) is 58.4 Å². The molecule has 1 aliphatic rings. The van der Waals surface area contributed by atoms with Crippen molar-refractivity contribution in [3.63, 3.8) is 0 Å². The Morgan fingerprint density at radius 2 is 2.54 bits per heavy atom. The third kappa shape index (κ3) is 2.51. The molecule has 1 rings (SSSR count). The van der Waals surface area contributed by atoms with Gasteiger partial charge >= 0.3 is 6.03 Å². The lowest BCUT2D eigenvalue weighted by atomic mass is 10.0. The van der Waals surface area contributed by atoms with Crippen LogP contribution in [0.1, 0.15) is 26.2 Å². The third-order valence-electron chi connectivity index (χ3n) is 2.52. The summed E-state index contributed by atoms with van der Waals surface area (Å²) in [7, 11) is 0. The smallest absolute Gasteiger partial charge is 0.324 e. The van der Waals surface area contributed by atoms with Crippen LogP contribution in [0.5, 0.6) is 0 Å². The molecule has 0 aromatic carbocycles. The number of amides is 2. The van der Waals surface area contributed by atoms with Gasteiger partial charge in [0.1, 0.15) is 0 Å². The van der Waals surface area contributed by atoms with Crippen LogP contribution in [0.2, 0.25) is 0 Å². The molecule has 76 valence electrons. The lowest BCUT2D eigenvalue weighted by Gasteiger charge is -2.29. The maximum atomic E-state index is 10.9. The van der Waals surface area contributed by atoms with Crippen molar-refractivity contribution in [2.24, 2.45) is 5.73 Å². The highest BCUT2D eigenvalue weighted by Crippen LogP contribution is 2.18. The van der Waals surface area contributed by atoms with Gasteiger partial charge in [-0.15, -0.1) is 0 Å². The summed E-state index contributed by atoms with van der Waals surface area (Å²) < 4.78 is 1.34. The second kappa shape index (κ2) is 4.72. The summed E-state index contributed by atoms with van der Waals surface area (Å²) in [6.45, 7) is 3.07. The Balaban J connectivity index is 2.54. The molecule has 1 aliphatic heterocycles. The minimum atomic E-state index is -0.469. The van der Waals surface area contributed by atoms with Crippen LogP contribution < -0.4 is 11.1 Å². The molecule has 2 unspecified atom stereocenters. The number of hydrogen-bond donors (Lipinski definition) is 3. The Hall–Kier alpha value is -0.420. The Bertz CT molecular complexity index is 182. The molecule has 0 bridgehead atoms. The molecule has 2 amide bonds. The first-order valence-electron chi connectivity index (χ1n) is 4.67. The predicted molar refractivity (Wildman–Crippen MR) is 55.5 cm³/mol. The molecule has 0 aliphatic carbocycles. The number of nitrogens with one attached hydrogen (secondary N) is 1. The normalized spacial score (nSPS) is 24.3. The molecule has 0 radical (unpaired) electrons. The van der Waals surface area contributed by atoms with Crippen molar-refractivity contribution in [2.75, 3.05) is 6.54 Å². The van der Waals surface area contributed by atoms with Gasteiger partial charge in [0.2, 0.25) is 0 Å². The van der Waals surface area contributed by atoms with Gasteiger partial charge in [-0.2, -0.15) is 0 Å². The van der Waals surface area contributed by atoms with Crippen LogP contribution in [-0.2, 0) is 0 Å². The molecule has 0 spiro atoms. The standard InChI is InChI=1S/C8H17N3OS/c1-2-7(11(13)8(9)12)6-4-3-5-10-6/h6-7,10,13H,2-5H2,1H3,(H2,9,12). The van der Waals surface area contributed by atoms with E-state index in [2.05, 4.69) is 18.1 Å². The zero-order valence-electron chi connectivity index (χ0n) is 7.86. The fourth-order valence-electron chi connectivity index (χ4n) is 1.83. The molecule has 4 nitrogen and oxygen atoms in total. The van der Waals surface area contributed by atoms with E-state index >= 15 is 0 Å². The summed E-state index contributed by atoms with van der Waals surface area (Å²) >= 11 is 4.09. The number of nitrogens with two attached hydrogens (primary N) is 1. The van der Waals surface area contributed by atoms with E-state index < -0.39 is 6.03 Å². The number of nitrogens with zero attached hydrogens (tertiary/aromatic N) is 1. The maximum absolute atomic E-state index is 10.9. The van der Waals surface area contributed by atoms with E-state index in [0.717, 1.165) is 19.4 Å². The van der Waals surface area contributed by atoms with E-state index in [-0.39, 0.29) is 6.04 Å². The maximum Gasteiger partial charge on any atom is 0.324 e. The quantitative estimate of drug-likeness (QED) is 0.593. The first kappa shape index (κ1) is 10.7. The van der Waals surface area contributed by atoms with Crippen LogP contribution in [0.3, 0.4) is 0 Å². The van der Waals surface area contributed by atoms with Gasteiger partial charge in [-0.3, -0.25) is 4.31 Å². The molecule has 1 saturated heterocycles. The van der Waals surface area contributed by atoms with Crippen molar-refractivity contribution in [2.45, 2.75) is 38.3 Å². The van der Waals surface area contributed by atoms with Gasteiger partial charge in [0, 0.05) is 6.04 Å². The van der Waals surface area contributed by atoms with Crippen molar-refractivity contribution < 1.29 is 4.79 Å². The molecule has 0 saturated carbocycles. The fraction of sp³-hybridized carbons (Fsp3) is 0.875. The van der Waals surface area contributed by atoms with Crippen molar-refractivity contribution in [1.29, 1.82) is 0 Å². The molecule has 0 aromatic heterocycles. The van der Waals surface area contributed by atoms with Gasteiger partial charge in [0.25, 0.3) is 0 Å². The lowest BCUT2D eigenvalue weighted by Crippen LogP contribution is -2.47. The van der Waals surface area contributed by atoms with E-state index in [0.29, 0.717) is 6.04 Å². The van der Waals surface area contributed by atoms with Gasteiger partial charge in [-0.1, -0.05) is 19.7 Å².